The highest BCUT2D eigenvalue weighted by atomic mass is 16.4. The smallest absolute Gasteiger partial charge is 0.303 e. The average Bonchev–Trinajstić information content (AvgIpc) is 2.76. The molecule has 1 saturated carbocycles. The first-order valence-electron chi connectivity index (χ1n) is 12.4. The molecule has 5 heteroatoms. The van der Waals surface area contributed by atoms with Crippen LogP contribution in [0.1, 0.15) is 99.3 Å². The Morgan fingerprint density at radius 2 is 1.74 bits per heavy atom. The third-order valence-electron chi connectivity index (χ3n) is 6.76. The minimum Gasteiger partial charge on any atom is -0.481 e. The highest BCUT2D eigenvalue weighted by Gasteiger charge is 2.47. The average molecular weight is 477 g/mol. The molecular formula is C29H48O5. The van der Waals surface area contributed by atoms with E-state index in [1.165, 1.54) is 43.3 Å². The molecule has 0 aliphatic heterocycles. The molecule has 3 atom stereocenters. The second-order valence-electron chi connectivity index (χ2n) is 10.9. The first-order chi connectivity index (χ1) is 15.6. The summed E-state index contributed by atoms with van der Waals surface area (Å²) in [6, 6.07) is 0. The molecule has 5 nitrogen and oxygen atoms in total. The zero-order valence-corrected chi connectivity index (χ0v) is 22.3. The van der Waals surface area contributed by atoms with Gasteiger partial charge in [0.25, 0.3) is 0 Å². The molecule has 2 aliphatic rings. The first-order valence-corrected chi connectivity index (χ1v) is 12.4. The normalized spacial score (nSPS) is 24.1. The largest absolute Gasteiger partial charge is 0.481 e. The van der Waals surface area contributed by atoms with Gasteiger partial charge in [0.2, 0.25) is 0 Å². The zero-order chi connectivity index (χ0) is 26.5. The van der Waals surface area contributed by atoms with Crippen LogP contribution in [0.3, 0.4) is 0 Å². The molecule has 0 aromatic heterocycles. The Labute approximate surface area is 207 Å². The Morgan fingerprint density at radius 3 is 2.18 bits per heavy atom. The van der Waals surface area contributed by atoms with Gasteiger partial charge in [0.1, 0.15) is 0 Å². The molecule has 3 N–H and O–H groups in total. The highest BCUT2D eigenvalue weighted by molar-refractivity contribution is 5.75. The van der Waals surface area contributed by atoms with E-state index in [2.05, 4.69) is 59.9 Å². The van der Waals surface area contributed by atoms with Crippen LogP contribution >= 0.6 is 0 Å². The van der Waals surface area contributed by atoms with Gasteiger partial charge in [0.15, 0.2) is 0 Å². The summed E-state index contributed by atoms with van der Waals surface area (Å²) in [4.78, 5) is 19.3. The van der Waals surface area contributed by atoms with Gasteiger partial charge in [-0.25, -0.2) is 0 Å². The molecule has 34 heavy (non-hydrogen) atoms. The Bertz CT molecular complexity index is 736. The second kappa shape index (κ2) is 15.0. The fourth-order valence-electron chi connectivity index (χ4n) is 4.41. The Morgan fingerprint density at radius 1 is 1.18 bits per heavy atom. The van der Waals surface area contributed by atoms with E-state index >= 15 is 0 Å². The van der Waals surface area contributed by atoms with Gasteiger partial charge in [0.05, 0.1) is 18.4 Å². The molecule has 0 radical (unpaired) electrons. The number of fused-ring (bicyclic) bond motifs is 1. The number of rotatable bonds is 7. The lowest BCUT2D eigenvalue weighted by molar-refractivity contribution is -0.143. The van der Waals surface area contributed by atoms with Gasteiger partial charge in [-0.05, 0) is 89.9 Å². The second-order valence-corrected chi connectivity index (χ2v) is 10.9. The van der Waals surface area contributed by atoms with Gasteiger partial charge >= 0.3 is 11.9 Å². The van der Waals surface area contributed by atoms with Crippen LogP contribution in [-0.4, -0.2) is 32.9 Å². The third-order valence-corrected chi connectivity index (χ3v) is 6.76. The Kier molecular flexibility index (Phi) is 14.0. The van der Waals surface area contributed by atoms with E-state index in [1.54, 1.807) is 18.6 Å². The van der Waals surface area contributed by atoms with E-state index in [0.29, 0.717) is 5.41 Å². The summed E-state index contributed by atoms with van der Waals surface area (Å²) in [5.41, 5.74) is 4.27. The molecule has 0 saturated heterocycles. The number of aliphatic carboxylic acids is 2. The van der Waals surface area contributed by atoms with Crippen molar-refractivity contribution >= 4 is 11.9 Å². The van der Waals surface area contributed by atoms with Crippen molar-refractivity contribution in [1.29, 1.82) is 0 Å². The number of carbonyl (C=O) groups is 2. The number of aliphatic hydroxyl groups is 1. The van der Waals surface area contributed by atoms with Crippen molar-refractivity contribution < 1.29 is 24.9 Å². The van der Waals surface area contributed by atoms with Gasteiger partial charge in [-0.15, -0.1) is 6.58 Å². The summed E-state index contributed by atoms with van der Waals surface area (Å²) < 4.78 is 0. The summed E-state index contributed by atoms with van der Waals surface area (Å²) in [5, 5.41) is 25.3. The van der Waals surface area contributed by atoms with E-state index in [4.69, 9.17) is 10.2 Å². The quantitative estimate of drug-likeness (QED) is 0.334. The van der Waals surface area contributed by atoms with Crippen LogP contribution in [0.5, 0.6) is 0 Å². The van der Waals surface area contributed by atoms with Crippen LogP contribution in [0.15, 0.2) is 48.1 Å². The molecule has 0 aromatic rings. The van der Waals surface area contributed by atoms with Gasteiger partial charge in [-0.2, -0.15) is 0 Å². The minimum atomic E-state index is -1.08. The van der Waals surface area contributed by atoms with Crippen molar-refractivity contribution in [3.05, 3.63) is 48.1 Å². The van der Waals surface area contributed by atoms with Crippen molar-refractivity contribution in [2.75, 3.05) is 0 Å². The predicted octanol–water partition coefficient (Wildman–Crippen LogP) is 7.33. The molecule has 0 spiro atoms. The van der Waals surface area contributed by atoms with Crippen LogP contribution in [0.25, 0.3) is 0 Å². The van der Waals surface area contributed by atoms with Crippen LogP contribution < -0.4 is 0 Å². The molecular weight excluding hydrogens is 428 g/mol. The lowest BCUT2D eigenvalue weighted by Crippen LogP contribution is -2.44. The van der Waals surface area contributed by atoms with Crippen LogP contribution in [0, 0.1) is 17.3 Å². The first kappa shape index (κ1) is 31.9. The van der Waals surface area contributed by atoms with Crippen LogP contribution in [-0.2, 0) is 9.59 Å². The SMILES string of the molecule is C=C1CC/C=C(\C)CC[C@@H]2[C@@H]1CC2(C)C.C=CC(C)(O)CCC=C(C)C.O=C(O)CCC(=O)O. The number of hydrogen-bond acceptors (Lipinski definition) is 3. The molecule has 0 amide bonds. The predicted molar refractivity (Wildman–Crippen MR) is 141 cm³/mol. The lowest BCUT2D eigenvalue weighted by atomic mass is 9.52. The van der Waals surface area contributed by atoms with Crippen molar-refractivity contribution in [1.82, 2.24) is 0 Å². The molecule has 194 valence electrons. The topological polar surface area (TPSA) is 94.8 Å². The van der Waals surface area contributed by atoms with Gasteiger partial charge in [-0.1, -0.05) is 55.4 Å². The fraction of sp³-hybridized carbons (Fsp3) is 0.655. The highest BCUT2D eigenvalue weighted by Crippen LogP contribution is 2.56. The van der Waals surface area contributed by atoms with Crippen LogP contribution in [0.4, 0.5) is 0 Å². The fourth-order valence-corrected chi connectivity index (χ4v) is 4.41. The monoisotopic (exact) mass is 476 g/mol. The summed E-state index contributed by atoms with van der Waals surface area (Å²) in [6.45, 7) is 20.9. The van der Waals surface area contributed by atoms with Gasteiger partial charge in [-0.3, -0.25) is 9.59 Å². The Hall–Kier alpha value is -2.14. The maximum atomic E-state index is 9.64. The zero-order valence-electron chi connectivity index (χ0n) is 22.3. The van der Waals surface area contributed by atoms with E-state index in [0.717, 1.165) is 24.7 Å². The third kappa shape index (κ3) is 13.5. The van der Waals surface area contributed by atoms with Crippen molar-refractivity contribution in [3.8, 4) is 0 Å². The lowest BCUT2D eigenvalue weighted by Gasteiger charge is -2.53. The summed E-state index contributed by atoms with van der Waals surface area (Å²) >= 11 is 0. The van der Waals surface area contributed by atoms with Gasteiger partial charge in [0, 0.05) is 0 Å². The van der Waals surface area contributed by atoms with Crippen molar-refractivity contribution in [2.45, 2.75) is 105 Å². The Balaban J connectivity index is 0.000000510. The molecule has 0 aromatic carbocycles. The summed E-state index contributed by atoms with van der Waals surface area (Å²) in [6.07, 6.45) is 13.7. The molecule has 0 heterocycles. The van der Waals surface area contributed by atoms with Crippen molar-refractivity contribution in [3.63, 3.8) is 0 Å². The van der Waals surface area contributed by atoms with E-state index in [9.17, 15) is 14.7 Å². The van der Waals surface area contributed by atoms with E-state index < -0.39 is 17.5 Å². The molecule has 2 aliphatic carbocycles. The molecule has 0 bridgehead atoms. The summed E-state index contributed by atoms with van der Waals surface area (Å²) in [5.74, 6) is -0.425. The standard InChI is InChI=1S/C15H24.C10H18O.C4H6O4/c1-11-6-5-7-12(2)13-10-15(3,4)14(13)9-8-11;1-5-10(4,11)8-6-7-9(2)3;5-3(6)1-2-4(7)8/h6,13-14H,2,5,7-10H2,1,3-4H3;5,7,11H,1,6,8H2,2-4H3;1-2H2,(H,5,6)(H,7,8)/b11-6+;;/t13-,14-;;/m1../s1. The molecule has 1 fully saturated rings. The maximum Gasteiger partial charge on any atom is 0.303 e. The van der Waals surface area contributed by atoms with Crippen LogP contribution in [0.2, 0.25) is 0 Å². The van der Waals surface area contributed by atoms with Gasteiger partial charge < -0.3 is 15.3 Å². The summed E-state index contributed by atoms with van der Waals surface area (Å²) in [7, 11) is 0. The number of carboxylic acid groups (broad SMARTS) is 2. The number of carboxylic acids is 2. The maximum absolute atomic E-state index is 9.64. The number of allylic oxidation sites excluding steroid dienone is 5. The number of hydrogen-bond donors (Lipinski definition) is 3. The van der Waals surface area contributed by atoms with E-state index in [1.807, 2.05) is 0 Å². The molecule has 2 rings (SSSR count). The molecule has 1 unspecified atom stereocenters. The van der Waals surface area contributed by atoms with Crippen molar-refractivity contribution in [2.24, 2.45) is 17.3 Å². The van der Waals surface area contributed by atoms with E-state index in [-0.39, 0.29) is 12.8 Å². The minimum absolute atomic E-state index is 0.296.